The summed E-state index contributed by atoms with van der Waals surface area (Å²) in [5.74, 6) is 0.643. The van der Waals surface area contributed by atoms with Gasteiger partial charge in [-0.25, -0.2) is 9.97 Å². The van der Waals surface area contributed by atoms with Crippen molar-refractivity contribution in [2.24, 2.45) is 0 Å². The summed E-state index contributed by atoms with van der Waals surface area (Å²) in [6.07, 6.45) is 1.50. The molecule has 1 rings (SSSR count). The molecular formula is C9H14N2O2. The Morgan fingerprint density at radius 3 is 2.69 bits per heavy atom. The van der Waals surface area contributed by atoms with Crippen LogP contribution < -0.4 is 4.74 Å². The van der Waals surface area contributed by atoms with Gasteiger partial charge in [0.25, 0.3) is 0 Å². The van der Waals surface area contributed by atoms with Gasteiger partial charge in [0.15, 0.2) is 0 Å². The van der Waals surface area contributed by atoms with Gasteiger partial charge in [-0.15, -0.1) is 0 Å². The number of aromatic nitrogens is 2. The monoisotopic (exact) mass is 182 g/mol. The topological polar surface area (TPSA) is 44.2 Å². The van der Waals surface area contributed by atoms with E-state index in [1.165, 1.54) is 6.33 Å². The van der Waals surface area contributed by atoms with Crippen LogP contribution in [0.1, 0.15) is 11.3 Å². The number of hydrogen-bond donors (Lipinski definition) is 0. The predicted molar refractivity (Wildman–Crippen MR) is 48.9 cm³/mol. The first kappa shape index (κ1) is 9.92. The Kier molecular flexibility index (Phi) is 3.64. The second-order valence-corrected chi connectivity index (χ2v) is 2.73. The molecule has 0 bridgehead atoms. The molecule has 0 aliphatic heterocycles. The number of ether oxygens (including phenoxy) is 2. The van der Waals surface area contributed by atoms with E-state index >= 15 is 0 Å². The fourth-order valence-corrected chi connectivity index (χ4v) is 0.884. The van der Waals surface area contributed by atoms with Crippen LogP contribution in [0.4, 0.5) is 0 Å². The summed E-state index contributed by atoms with van der Waals surface area (Å²) in [6, 6.07) is 0. The van der Waals surface area contributed by atoms with Crippen molar-refractivity contribution in [2.45, 2.75) is 13.8 Å². The van der Waals surface area contributed by atoms with Crippen LogP contribution in [0.2, 0.25) is 0 Å². The molecule has 4 nitrogen and oxygen atoms in total. The smallest absolute Gasteiger partial charge is 0.219 e. The molecule has 72 valence electrons. The molecule has 0 aliphatic rings. The molecule has 0 aliphatic carbocycles. The normalized spacial score (nSPS) is 10.1. The Balaban J connectivity index is 2.61. The summed E-state index contributed by atoms with van der Waals surface area (Å²) < 4.78 is 10.2. The summed E-state index contributed by atoms with van der Waals surface area (Å²) in [4.78, 5) is 8.07. The molecule has 0 aromatic carbocycles. The summed E-state index contributed by atoms with van der Waals surface area (Å²) in [7, 11) is 1.64. The fourth-order valence-electron chi connectivity index (χ4n) is 0.884. The van der Waals surface area contributed by atoms with Crippen molar-refractivity contribution < 1.29 is 9.47 Å². The average molecular weight is 182 g/mol. The average Bonchev–Trinajstić information content (AvgIpc) is 2.13. The molecule has 0 N–H and O–H groups in total. The van der Waals surface area contributed by atoms with Crippen LogP contribution >= 0.6 is 0 Å². The molecule has 13 heavy (non-hydrogen) atoms. The second kappa shape index (κ2) is 4.77. The van der Waals surface area contributed by atoms with Crippen molar-refractivity contribution in [1.82, 2.24) is 9.97 Å². The SMILES string of the molecule is COCCOc1ncnc(C)c1C. The first-order chi connectivity index (χ1) is 6.25. The fraction of sp³-hybridized carbons (Fsp3) is 0.556. The molecule has 1 aromatic rings. The van der Waals surface area contributed by atoms with E-state index in [1.54, 1.807) is 7.11 Å². The zero-order valence-corrected chi connectivity index (χ0v) is 8.20. The highest BCUT2D eigenvalue weighted by Gasteiger charge is 2.03. The molecule has 1 aromatic heterocycles. The van der Waals surface area contributed by atoms with Gasteiger partial charge in [0.05, 0.1) is 6.61 Å². The van der Waals surface area contributed by atoms with E-state index in [-0.39, 0.29) is 0 Å². The van der Waals surface area contributed by atoms with Gasteiger partial charge >= 0.3 is 0 Å². The highest BCUT2D eigenvalue weighted by Crippen LogP contribution is 2.14. The second-order valence-electron chi connectivity index (χ2n) is 2.73. The van der Waals surface area contributed by atoms with Crippen LogP contribution in [-0.2, 0) is 4.74 Å². The summed E-state index contributed by atoms with van der Waals surface area (Å²) >= 11 is 0. The van der Waals surface area contributed by atoms with Crippen LogP contribution in [0.25, 0.3) is 0 Å². The minimum atomic E-state index is 0.522. The molecule has 0 unspecified atom stereocenters. The Morgan fingerprint density at radius 2 is 2.00 bits per heavy atom. The maximum absolute atomic E-state index is 5.38. The highest BCUT2D eigenvalue weighted by atomic mass is 16.5. The van der Waals surface area contributed by atoms with Gasteiger partial charge in [-0.3, -0.25) is 0 Å². The molecule has 0 spiro atoms. The van der Waals surface area contributed by atoms with Crippen molar-refractivity contribution in [1.29, 1.82) is 0 Å². The molecule has 0 fully saturated rings. The van der Waals surface area contributed by atoms with E-state index in [0.29, 0.717) is 19.1 Å². The first-order valence-corrected chi connectivity index (χ1v) is 4.15. The van der Waals surface area contributed by atoms with E-state index in [9.17, 15) is 0 Å². The standard InChI is InChI=1S/C9H14N2O2/c1-7-8(2)10-6-11-9(7)13-5-4-12-3/h6H,4-5H2,1-3H3. The van der Waals surface area contributed by atoms with E-state index in [4.69, 9.17) is 9.47 Å². The van der Waals surface area contributed by atoms with E-state index in [1.807, 2.05) is 13.8 Å². The Bertz CT molecular complexity index is 276. The zero-order valence-electron chi connectivity index (χ0n) is 8.20. The number of methoxy groups -OCH3 is 1. The van der Waals surface area contributed by atoms with Crippen molar-refractivity contribution in [3.05, 3.63) is 17.6 Å². The summed E-state index contributed by atoms with van der Waals surface area (Å²) in [5.41, 5.74) is 1.93. The van der Waals surface area contributed by atoms with Crippen LogP contribution in [0.15, 0.2) is 6.33 Å². The third-order valence-corrected chi connectivity index (χ3v) is 1.82. The van der Waals surface area contributed by atoms with Gasteiger partial charge in [-0.05, 0) is 13.8 Å². The Hall–Kier alpha value is -1.16. The van der Waals surface area contributed by atoms with Crippen molar-refractivity contribution in [2.75, 3.05) is 20.3 Å². The maximum Gasteiger partial charge on any atom is 0.219 e. The number of nitrogens with zero attached hydrogens (tertiary/aromatic N) is 2. The maximum atomic E-state index is 5.38. The van der Waals surface area contributed by atoms with Crippen LogP contribution in [0, 0.1) is 13.8 Å². The lowest BCUT2D eigenvalue weighted by Gasteiger charge is -2.07. The minimum absolute atomic E-state index is 0.522. The van der Waals surface area contributed by atoms with Crippen molar-refractivity contribution in [3.8, 4) is 5.88 Å². The molecule has 1 heterocycles. The molecule has 0 amide bonds. The van der Waals surface area contributed by atoms with Crippen LogP contribution in [0.3, 0.4) is 0 Å². The minimum Gasteiger partial charge on any atom is -0.475 e. The Morgan fingerprint density at radius 1 is 1.23 bits per heavy atom. The number of aryl methyl sites for hydroxylation is 1. The molecule has 4 heteroatoms. The molecule has 0 radical (unpaired) electrons. The third-order valence-electron chi connectivity index (χ3n) is 1.82. The molecule has 0 saturated heterocycles. The molecule has 0 atom stereocenters. The van der Waals surface area contributed by atoms with Crippen molar-refractivity contribution >= 4 is 0 Å². The lowest BCUT2D eigenvalue weighted by atomic mass is 10.3. The quantitative estimate of drug-likeness (QED) is 0.654. The lowest BCUT2D eigenvalue weighted by molar-refractivity contribution is 0.143. The molecule has 0 saturated carbocycles. The number of rotatable bonds is 4. The van der Waals surface area contributed by atoms with E-state index in [0.717, 1.165) is 11.3 Å². The largest absolute Gasteiger partial charge is 0.475 e. The van der Waals surface area contributed by atoms with E-state index in [2.05, 4.69) is 9.97 Å². The molecular weight excluding hydrogens is 168 g/mol. The zero-order chi connectivity index (χ0) is 9.68. The predicted octanol–water partition coefficient (Wildman–Crippen LogP) is 1.12. The Labute approximate surface area is 77.9 Å². The number of hydrogen-bond acceptors (Lipinski definition) is 4. The van der Waals surface area contributed by atoms with Gasteiger partial charge in [-0.1, -0.05) is 0 Å². The summed E-state index contributed by atoms with van der Waals surface area (Å²) in [6.45, 7) is 4.97. The summed E-state index contributed by atoms with van der Waals surface area (Å²) in [5, 5.41) is 0. The highest BCUT2D eigenvalue weighted by molar-refractivity contribution is 5.26. The van der Waals surface area contributed by atoms with Crippen LogP contribution in [-0.4, -0.2) is 30.3 Å². The van der Waals surface area contributed by atoms with Gasteiger partial charge in [0, 0.05) is 18.4 Å². The third kappa shape index (κ3) is 2.66. The first-order valence-electron chi connectivity index (χ1n) is 4.15. The van der Waals surface area contributed by atoms with Crippen LogP contribution in [0.5, 0.6) is 5.88 Å². The lowest BCUT2D eigenvalue weighted by Crippen LogP contribution is -2.07. The van der Waals surface area contributed by atoms with Gasteiger partial charge in [0.1, 0.15) is 12.9 Å². The van der Waals surface area contributed by atoms with Gasteiger partial charge in [-0.2, -0.15) is 0 Å². The van der Waals surface area contributed by atoms with E-state index < -0.39 is 0 Å². The van der Waals surface area contributed by atoms with Gasteiger partial charge < -0.3 is 9.47 Å². The van der Waals surface area contributed by atoms with Crippen molar-refractivity contribution in [3.63, 3.8) is 0 Å². The van der Waals surface area contributed by atoms with Gasteiger partial charge in [0.2, 0.25) is 5.88 Å².